The van der Waals surface area contributed by atoms with Crippen LogP contribution in [-0.2, 0) is 16.4 Å². The van der Waals surface area contributed by atoms with Crippen molar-refractivity contribution in [2.24, 2.45) is 0 Å². The van der Waals surface area contributed by atoms with Gasteiger partial charge in [-0.3, -0.25) is 0 Å². The molecule has 0 spiro atoms. The van der Waals surface area contributed by atoms with E-state index in [1.165, 1.54) is 24.8 Å². The number of aromatic nitrogens is 1. The number of benzene rings is 1. The molecular weight excluding hydrogens is 316 g/mol. The Bertz CT molecular complexity index is 747. The summed E-state index contributed by atoms with van der Waals surface area (Å²) in [5.74, 6) is 0.700. The second kappa shape index (κ2) is 6.10. The lowest BCUT2D eigenvalue weighted by Gasteiger charge is -2.13. The minimum atomic E-state index is -3.13. The van der Waals surface area contributed by atoms with E-state index >= 15 is 0 Å². The van der Waals surface area contributed by atoms with E-state index in [0.29, 0.717) is 10.8 Å². The van der Waals surface area contributed by atoms with Crippen LogP contribution < -0.4 is 5.32 Å². The van der Waals surface area contributed by atoms with Crippen molar-refractivity contribution in [3.63, 3.8) is 0 Å². The molecule has 1 aliphatic rings. The van der Waals surface area contributed by atoms with Gasteiger partial charge >= 0.3 is 0 Å². The Hall–Kier alpha value is -1.24. The van der Waals surface area contributed by atoms with E-state index < -0.39 is 9.84 Å². The summed E-state index contributed by atoms with van der Waals surface area (Å²) in [6.45, 7) is 2.82. The maximum Gasteiger partial charge on any atom is 0.175 e. The van der Waals surface area contributed by atoms with Gasteiger partial charge in [0.25, 0.3) is 0 Å². The number of hydrogen-bond acceptors (Lipinski definition) is 5. The maximum absolute atomic E-state index is 11.5. The lowest BCUT2D eigenvalue weighted by atomic mass is 10.1. The lowest BCUT2D eigenvalue weighted by molar-refractivity contribution is 0.571. The van der Waals surface area contributed by atoms with Gasteiger partial charge in [-0.15, -0.1) is 11.3 Å². The quantitative estimate of drug-likeness (QED) is 0.879. The SMILES string of the molecule is C[C@@H](NCc1nc(C2CC2)cs1)c1ccc(S(C)(=O)=O)cc1. The first-order valence-electron chi connectivity index (χ1n) is 7.41. The van der Waals surface area contributed by atoms with E-state index in [1.54, 1.807) is 23.5 Å². The maximum atomic E-state index is 11.5. The van der Waals surface area contributed by atoms with Crippen LogP contribution in [0.1, 0.15) is 48.0 Å². The van der Waals surface area contributed by atoms with Gasteiger partial charge < -0.3 is 5.32 Å². The summed E-state index contributed by atoms with van der Waals surface area (Å²) in [4.78, 5) is 5.02. The van der Waals surface area contributed by atoms with E-state index in [2.05, 4.69) is 22.6 Å². The van der Waals surface area contributed by atoms with E-state index in [0.717, 1.165) is 17.1 Å². The minimum absolute atomic E-state index is 0.155. The first kappa shape index (κ1) is 15.6. The molecule has 1 aromatic carbocycles. The zero-order valence-electron chi connectivity index (χ0n) is 12.7. The third-order valence-corrected chi connectivity index (χ3v) is 5.93. The van der Waals surface area contributed by atoms with Crippen molar-refractivity contribution in [3.8, 4) is 0 Å². The van der Waals surface area contributed by atoms with E-state index in [1.807, 2.05) is 12.1 Å². The monoisotopic (exact) mass is 336 g/mol. The van der Waals surface area contributed by atoms with Crippen molar-refractivity contribution in [2.75, 3.05) is 6.26 Å². The molecule has 1 atom stereocenters. The topological polar surface area (TPSA) is 59.1 Å². The van der Waals surface area contributed by atoms with Crippen molar-refractivity contribution in [2.45, 2.75) is 43.2 Å². The fraction of sp³-hybridized carbons (Fsp3) is 0.438. The smallest absolute Gasteiger partial charge is 0.175 e. The number of thiazole rings is 1. The predicted molar refractivity (Wildman–Crippen MR) is 88.9 cm³/mol. The standard InChI is InChI=1S/C16H20N2O2S2/c1-11(12-5-7-14(8-6-12)22(2,19)20)17-9-16-18-15(10-21-16)13-3-4-13/h5-8,10-11,13,17H,3-4,9H2,1-2H3/t11-/m1/s1. The Morgan fingerprint density at radius 2 is 2.00 bits per heavy atom. The van der Waals surface area contributed by atoms with E-state index in [4.69, 9.17) is 0 Å². The van der Waals surface area contributed by atoms with Gasteiger partial charge in [0.2, 0.25) is 0 Å². The van der Waals surface area contributed by atoms with Gasteiger partial charge in [0.15, 0.2) is 9.84 Å². The minimum Gasteiger partial charge on any atom is -0.304 e. The molecule has 0 unspecified atom stereocenters. The zero-order chi connectivity index (χ0) is 15.7. The van der Waals surface area contributed by atoms with Gasteiger partial charge in [-0.1, -0.05) is 12.1 Å². The second-order valence-electron chi connectivity index (χ2n) is 5.88. The van der Waals surface area contributed by atoms with E-state index in [9.17, 15) is 8.42 Å². The first-order chi connectivity index (χ1) is 10.4. The Morgan fingerprint density at radius 3 is 2.59 bits per heavy atom. The van der Waals surface area contributed by atoms with Gasteiger partial charge in [0.05, 0.1) is 10.6 Å². The van der Waals surface area contributed by atoms with Crippen molar-refractivity contribution in [1.29, 1.82) is 0 Å². The summed E-state index contributed by atoms with van der Waals surface area (Å²) in [7, 11) is -3.13. The molecule has 1 saturated carbocycles. The molecule has 6 heteroatoms. The molecule has 0 radical (unpaired) electrons. The molecule has 1 fully saturated rings. The van der Waals surface area contributed by atoms with Crippen molar-refractivity contribution < 1.29 is 8.42 Å². The highest BCUT2D eigenvalue weighted by molar-refractivity contribution is 7.90. The van der Waals surface area contributed by atoms with Crippen LogP contribution in [0.5, 0.6) is 0 Å². The molecule has 1 aliphatic carbocycles. The van der Waals surface area contributed by atoms with Crippen LogP contribution in [0.2, 0.25) is 0 Å². The number of nitrogens with one attached hydrogen (secondary N) is 1. The Labute approximate surface area is 135 Å². The highest BCUT2D eigenvalue weighted by Gasteiger charge is 2.25. The highest BCUT2D eigenvalue weighted by Crippen LogP contribution is 2.40. The average molecular weight is 336 g/mol. The number of sulfone groups is 1. The zero-order valence-corrected chi connectivity index (χ0v) is 14.4. The normalized spacial score (nSPS) is 16.6. The van der Waals surface area contributed by atoms with Gasteiger partial charge in [-0.25, -0.2) is 13.4 Å². The summed E-state index contributed by atoms with van der Waals surface area (Å²) in [6, 6.07) is 7.22. The number of rotatable bonds is 6. The van der Waals surface area contributed by atoms with Gasteiger partial charge in [0.1, 0.15) is 5.01 Å². The Morgan fingerprint density at radius 1 is 1.32 bits per heavy atom. The molecule has 0 saturated heterocycles. The third kappa shape index (κ3) is 3.74. The molecule has 4 nitrogen and oxygen atoms in total. The molecule has 2 aromatic rings. The van der Waals surface area contributed by atoms with Crippen LogP contribution in [-0.4, -0.2) is 19.7 Å². The second-order valence-corrected chi connectivity index (χ2v) is 8.84. The average Bonchev–Trinajstić information content (AvgIpc) is 3.23. The molecule has 1 heterocycles. The Balaban J connectivity index is 1.59. The molecular formula is C16H20N2O2S2. The molecule has 118 valence electrons. The number of nitrogens with zero attached hydrogens (tertiary/aromatic N) is 1. The largest absolute Gasteiger partial charge is 0.304 e. The van der Waals surface area contributed by atoms with Gasteiger partial charge in [0, 0.05) is 30.1 Å². The van der Waals surface area contributed by atoms with Crippen LogP contribution in [0, 0.1) is 0 Å². The fourth-order valence-corrected chi connectivity index (χ4v) is 3.79. The first-order valence-corrected chi connectivity index (χ1v) is 10.2. The summed E-state index contributed by atoms with van der Waals surface area (Å²) in [5, 5.41) is 6.72. The van der Waals surface area contributed by atoms with Gasteiger partial charge in [-0.05, 0) is 37.5 Å². The van der Waals surface area contributed by atoms with Crippen LogP contribution in [0.25, 0.3) is 0 Å². The highest BCUT2D eigenvalue weighted by atomic mass is 32.2. The van der Waals surface area contributed by atoms with Gasteiger partial charge in [-0.2, -0.15) is 0 Å². The predicted octanol–water partition coefficient (Wildman–Crippen LogP) is 3.27. The van der Waals surface area contributed by atoms with Crippen molar-refractivity contribution in [1.82, 2.24) is 10.3 Å². The molecule has 3 rings (SSSR count). The summed E-state index contributed by atoms with van der Waals surface area (Å²) in [6.07, 6.45) is 3.78. The van der Waals surface area contributed by atoms with Crippen molar-refractivity contribution >= 4 is 21.2 Å². The van der Waals surface area contributed by atoms with Crippen LogP contribution in [0.4, 0.5) is 0 Å². The fourth-order valence-electron chi connectivity index (χ4n) is 2.33. The lowest BCUT2D eigenvalue weighted by Crippen LogP contribution is -2.18. The van der Waals surface area contributed by atoms with Crippen LogP contribution in [0.3, 0.4) is 0 Å². The van der Waals surface area contributed by atoms with Crippen molar-refractivity contribution in [3.05, 3.63) is 45.9 Å². The molecule has 0 amide bonds. The molecule has 1 N–H and O–H groups in total. The Kier molecular flexibility index (Phi) is 4.34. The number of hydrogen-bond donors (Lipinski definition) is 1. The van der Waals surface area contributed by atoms with Crippen LogP contribution >= 0.6 is 11.3 Å². The molecule has 1 aromatic heterocycles. The molecule has 0 bridgehead atoms. The summed E-state index contributed by atoms with van der Waals surface area (Å²) < 4.78 is 22.9. The molecule has 22 heavy (non-hydrogen) atoms. The van der Waals surface area contributed by atoms with E-state index in [-0.39, 0.29) is 6.04 Å². The summed E-state index contributed by atoms with van der Waals surface area (Å²) in [5.41, 5.74) is 2.32. The summed E-state index contributed by atoms with van der Waals surface area (Å²) >= 11 is 1.71. The molecule has 0 aliphatic heterocycles. The third-order valence-electron chi connectivity index (χ3n) is 3.93. The van der Waals surface area contributed by atoms with Crippen LogP contribution in [0.15, 0.2) is 34.5 Å².